The molecule has 3 N–H and O–H groups in total. The van der Waals surface area contributed by atoms with Crippen LogP contribution in [0.5, 0.6) is 0 Å². The zero-order valence-corrected chi connectivity index (χ0v) is 11.8. The Hall–Kier alpha value is -0.690. The van der Waals surface area contributed by atoms with Gasteiger partial charge in [-0.2, -0.15) is 0 Å². The smallest absolute Gasteiger partial charge is 0.243 e. The normalized spacial score (nSPS) is 24.4. The van der Waals surface area contributed by atoms with E-state index in [9.17, 15) is 12.8 Å². The molecular formula is C12H16ClFN2O2S. The lowest BCUT2D eigenvalue weighted by Crippen LogP contribution is -2.40. The topological polar surface area (TPSA) is 72.2 Å². The molecule has 0 heterocycles. The second-order valence-electron chi connectivity index (χ2n) is 4.78. The molecule has 0 radical (unpaired) electrons. The fourth-order valence-corrected chi connectivity index (χ4v) is 3.85. The maximum Gasteiger partial charge on any atom is 0.243 e. The summed E-state index contributed by atoms with van der Waals surface area (Å²) in [6.07, 6.45) is 2.88. The molecule has 7 heteroatoms. The van der Waals surface area contributed by atoms with Crippen molar-refractivity contribution in [1.29, 1.82) is 0 Å². The maximum absolute atomic E-state index is 13.7. The molecule has 1 aromatic carbocycles. The quantitative estimate of drug-likeness (QED) is 0.897. The molecule has 0 unspecified atom stereocenters. The first-order valence-corrected chi connectivity index (χ1v) is 7.98. The van der Waals surface area contributed by atoms with Crippen LogP contribution in [-0.2, 0) is 10.0 Å². The fourth-order valence-electron chi connectivity index (χ4n) is 2.21. The van der Waals surface area contributed by atoms with Gasteiger partial charge in [0, 0.05) is 12.1 Å². The van der Waals surface area contributed by atoms with Crippen LogP contribution >= 0.6 is 11.6 Å². The molecule has 0 amide bonds. The van der Waals surface area contributed by atoms with Crippen LogP contribution in [0.1, 0.15) is 25.7 Å². The minimum atomic E-state index is -3.88. The third-order valence-electron chi connectivity index (χ3n) is 3.30. The van der Waals surface area contributed by atoms with Crippen LogP contribution in [0.4, 0.5) is 4.39 Å². The summed E-state index contributed by atoms with van der Waals surface area (Å²) in [4.78, 5) is -0.408. The number of nitrogens with one attached hydrogen (secondary N) is 1. The Morgan fingerprint density at radius 2 is 1.89 bits per heavy atom. The van der Waals surface area contributed by atoms with Crippen LogP contribution in [0, 0.1) is 5.82 Å². The number of benzene rings is 1. The van der Waals surface area contributed by atoms with Gasteiger partial charge >= 0.3 is 0 Å². The third kappa shape index (κ3) is 3.45. The molecule has 2 rings (SSSR count). The van der Waals surface area contributed by atoms with Crippen molar-refractivity contribution < 1.29 is 12.8 Å². The minimum Gasteiger partial charge on any atom is -0.328 e. The molecule has 1 saturated carbocycles. The largest absolute Gasteiger partial charge is 0.328 e. The van der Waals surface area contributed by atoms with Gasteiger partial charge < -0.3 is 5.73 Å². The third-order valence-corrected chi connectivity index (χ3v) is 5.13. The summed E-state index contributed by atoms with van der Waals surface area (Å²) in [5, 5.41) is -0.200. The number of halogens is 2. The molecule has 19 heavy (non-hydrogen) atoms. The van der Waals surface area contributed by atoms with Crippen LogP contribution < -0.4 is 10.5 Å². The van der Waals surface area contributed by atoms with Crippen LogP contribution in [0.15, 0.2) is 23.1 Å². The Labute approximate surface area is 117 Å². The first-order valence-electron chi connectivity index (χ1n) is 6.12. The van der Waals surface area contributed by atoms with Gasteiger partial charge in [0.25, 0.3) is 0 Å². The van der Waals surface area contributed by atoms with E-state index in [0.29, 0.717) is 12.8 Å². The Kier molecular flexibility index (Phi) is 4.45. The average Bonchev–Trinajstić information content (AvgIpc) is 2.35. The number of nitrogens with two attached hydrogens (primary N) is 1. The van der Waals surface area contributed by atoms with E-state index in [-0.39, 0.29) is 17.1 Å². The number of rotatable bonds is 3. The Morgan fingerprint density at radius 3 is 2.53 bits per heavy atom. The Morgan fingerprint density at radius 1 is 1.26 bits per heavy atom. The number of sulfonamides is 1. The Balaban J connectivity index is 2.16. The van der Waals surface area contributed by atoms with Crippen molar-refractivity contribution in [2.45, 2.75) is 42.7 Å². The number of hydrogen-bond acceptors (Lipinski definition) is 3. The monoisotopic (exact) mass is 306 g/mol. The second kappa shape index (κ2) is 5.75. The molecule has 106 valence electrons. The summed E-state index contributed by atoms with van der Waals surface area (Å²) in [5.41, 5.74) is 5.76. The molecule has 0 aliphatic heterocycles. The van der Waals surface area contributed by atoms with Crippen molar-refractivity contribution in [1.82, 2.24) is 4.72 Å². The van der Waals surface area contributed by atoms with Crippen LogP contribution in [0.2, 0.25) is 5.02 Å². The summed E-state index contributed by atoms with van der Waals surface area (Å²) in [6, 6.07) is 3.87. The summed E-state index contributed by atoms with van der Waals surface area (Å²) < 4.78 is 40.5. The molecule has 1 aliphatic rings. The second-order valence-corrected chi connectivity index (χ2v) is 6.87. The van der Waals surface area contributed by atoms with Crippen LogP contribution in [0.25, 0.3) is 0 Å². The lowest BCUT2D eigenvalue weighted by Gasteiger charge is -2.26. The summed E-state index contributed by atoms with van der Waals surface area (Å²) in [5.74, 6) is -0.913. The molecule has 1 aromatic rings. The highest BCUT2D eigenvalue weighted by Gasteiger charge is 2.26. The van der Waals surface area contributed by atoms with E-state index in [0.717, 1.165) is 12.8 Å². The molecule has 1 fully saturated rings. The first kappa shape index (κ1) is 14.7. The zero-order chi connectivity index (χ0) is 14.0. The molecular weight excluding hydrogens is 291 g/mol. The van der Waals surface area contributed by atoms with Gasteiger partial charge in [-0.25, -0.2) is 17.5 Å². The summed E-state index contributed by atoms with van der Waals surface area (Å²) in [7, 11) is -3.88. The summed E-state index contributed by atoms with van der Waals surface area (Å²) in [6.45, 7) is 0. The highest BCUT2D eigenvalue weighted by atomic mass is 35.5. The fraction of sp³-hybridized carbons (Fsp3) is 0.500. The van der Waals surface area contributed by atoms with Gasteiger partial charge in [0.15, 0.2) is 5.82 Å². The van der Waals surface area contributed by atoms with Crippen molar-refractivity contribution >= 4 is 21.6 Å². The van der Waals surface area contributed by atoms with Gasteiger partial charge in [0.1, 0.15) is 4.90 Å². The van der Waals surface area contributed by atoms with Crippen LogP contribution in [-0.4, -0.2) is 20.5 Å². The lowest BCUT2D eigenvalue weighted by atomic mass is 9.93. The van der Waals surface area contributed by atoms with E-state index in [1.165, 1.54) is 18.2 Å². The molecule has 0 saturated heterocycles. The molecule has 0 aromatic heterocycles. The van der Waals surface area contributed by atoms with Crippen molar-refractivity contribution in [2.75, 3.05) is 0 Å². The molecule has 0 spiro atoms. The van der Waals surface area contributed by atoms with E-state index in [1.807, 2.05) is 0 Å². The SMILES string of the molecule is NC1CCC(NS(=O)(=O)c2cccc(Cl)c2F)CC1. The molecule has 1 aliphatic carbocycles. The molecule has 0 atom stereocenters. The average molecular weight is 307 g/mol. The van der Waals surface area contributed by atoms with E-state index in [4.69, 9.17) is 17.3 Å². The Bertz CT molecular complexity index is 557. The standard InChI is InChI=1S/C12H16ClFN2O2S/c13-10-2-1-3-11(12(10)14)19(17,18)16-9-6-4-8(15)5-7-9/h1-3,8-9,16H,4-7,15H2. The molecule has 4 nitrogen and oxygen atoms in total. The van der Waals surface area contributed by atoms with E-state index in [1.54, 1.807) is 0 Å². The van der Waals surface area contributed by atoms with Crippen molar-refractivity contribution in [3.05, 3.63) is 29.0 Å². The zero-order valence-electron chi connectivity index (χ0n) is 10.3. The predicted molar refractivity (Wildman–Crippen MR) is 72.0 cm³/mol. The first-order chi connectivity index (χ1) is 8.90. The van der Waals surface area contributed by atoms with Crippen molar-refractivity contribution in [2.24, 2.45) is 5.73 Å². The van der Waals surface area contributed by atoms with Crippen LogP contribution in [0.3, 0.4) is 0 Å². The van der Waals surface area contributed by atoms with Gasteiger partial charge in [-0.3, -0.25) is 0 Å². The highest BCUT2D eigenvalue weighted by Crippen LogP contribution is 2.24. The van der Waals surface area contributed by atoms with Gasteiger partial charge in [-0.1, -0.05) is 17.7 Å². The lowest BCUT2D eigenvalue weighted by molar-refractivity contribution is 0.373. The van der Waals surface area contributed by atoms with Gasteiger partial charge in [0.2, 0.25) is 10.0 Å². The summed E-state index contributed by atoms with van der Waals surface area (Å²) >= 11 is 5.60. The van der Waals surface area contributed by atoms with Crippen molar-refractivity contribution in [3.8, 4) is 0 Å². The van der Waals surface area contributed by atoms with E-state index in [2.05, 4.69) is 4.72 Å². The van der Waals surface area contributed by atoms with E-state index < -0.39 is 20.7 Å². The predicted octanol–water partition coefficient (Wildman–Crippen LogP) is 2.03. The minimum absolute atomic E-state index is 0.128. The van der Waals surface area contributed by atoms with Gasteiger partial charge in [-0.15, -0.1) is 0 Å². The molecule has 0 bridgehead atoms. The van der Waals surface area contributed by atoms with E-state index >= 15 is 0 Å². The van der Waals surface area contributed by atoms with Crippen molar-refractivity contribution in [3.63, 3.8) is 0 Å². The van der Waals surface area contributed by atoms with Gasteiger partial charge in [-0.05, 0) is 37.8 Å². The van der Waals surface area contributed by atoms with Gasteiger partial charge in [0.05, 0.1) is 5.02 Å². The maximum atomic E-state index is 13.7. The highest BCUT2D eigenvalue weighted by molar-refractivity contribution is 7.89. The number of hydrogen-bond donors (Lipinski definition) is 2.